The second-order valence-electron chi connectivity index (χ2n) is 1.89. The molecule has 0 amide bonds. The third kappa shape index (κ3) is 89.3. The number of rotatable bonds is 0. The summed E-state index contributed by atoms with van der Waals surface area (Å²) in [6, 6.07) is 0. The zero-order valence-corrected chi connectivity index (χ0v) is 6.86. The Hall–Kier alpha value is 0.920. The van der Waals surface area contributed by atoms with E-state index in [0.717, 1.165) is 0 Å². The van der Waals surface area contributed by atoms with E-state index < -0.39 is 0 Å². The number of quaternary nitrogens is 1. The van der Waals surface area contributed by atoms with Gasteiger partial charge in [0.25, 0.3) is 0 Å². The fourth-order valence-corrected chi connectivity index (χ4v) is 0. The molecule has 2 nitrogen and oxygen atoms in total. The van der Waals surface area contributed by atoms with Crippen molar-refractivity contribution in [2.75, 3.05) is 21.1 Å². The van der Waals surface area contributed by atoms with Gasteiger partial charge in [-0.2, -0.15) is 0 Å². The SMILES string of the molecule is C[N+](C)(C)[O-].[Na+]. The van der Waals surface area contributed by atoms with Crippen molar-refractivity contribution in [3.8, 4) is 0 Å². The van der Waals surface area contributed by atoms with E-state index in [2.05, 4.69) is 0 Å². The summed E-state index contributed by atoms with van der Waals surface area (Å²) in [5.41, 5.74) is 0. The molecule has 6 heavy (non-hydrogen) atoms. The van der Waals surface area contributed by atoms with Gasteiger partial charge in [0, 0.05) is 0 Å². The summed E-state index contributed by atoms with van der Waals surface area (Å²) >= 11 is 0. The van der Waals surface area contributed by atoms with Crippen LogP contribution < -0.4 is 29.6 Å². The van der Waals surface area contributed by atoms with Crippen molar-refractivity contribution in [1.82, 2.24) is 0 Å². The van der Waals surface area contributed by atoms with Crippen LogP contribution in [0.15, 0.2) is 0 Å². The van der Waals surface area contributed by atoms with Crippen LogP contribution in [0.3, 0.4) is 0 Å². The van der Waals surface area contributed by atoms with Crippen molar-refractivity contribution in [2.45, 2.75) is 0 Å². The van der Waals surface area contributed by atoms with Gasteiger partial charge < -0.3 is 9.85 Å². The van der Waals surface area contributed by atoms with Crippen LogP contribution >= 0.6 is 0 Å². The summed E-state index contributed by atoms with van der Waals surface area (Å²) in [6.45, 7) is 0. The average Bonchev–Trinajstić information content (AvgIpc) is 0.722. The molecule has 0 unspecified atom stereocenters. The Kier molecular flexibility index (Phi) is 5.00. The second kappa shape index (κ2) is 2.99. The summed E-state index contributed by atoms with van der Waals surface area (Å²) in [5, 5.41) is 10.0. The molecule has 0 heterocycles. The van der Waals surface area contributed by atoms with Gasteiger partial charge in [-0.05, 0) is 0 Å². The molecule has 0 aromatic rings. The van der Waals surface area contributed by atoms with E-state index in [-0.39, 0.29) is 34.2 Å². The predicted octanol–water partition coefficient (Wildman–Crippen LogP) is -2.81. The summed E-state index contributed by atoms with van der Waals surface area (Å²) in [7, 11) is 4.71. The molecule has 0 aromatic heterocycles. The van der Waals surface area contributed by atoms with E-state index in [0.29, 0.717) is 0 Å². The quantitative estimate of drug-likeness (QED) is 0.182. The van der Waals surface area contributed by atoms with Crippen molar-refractivity contribution in [3.63, 3.8) is 0 Å². The molecule has 0 bridgehead atoms. The molecule has 0 rings (SSSR count). The Morgan fingerprint density at radius 2 is 1.17 bits per heavy atom. The van der Waals surface area contributed by atoms with Gasteiger partial charge in [0.15, 0.2) is 0 Å². The first-order valence-corrected chi connectivity index (χ1v) is 1.52. The molecule has 0 aliphatic carbocycles. The van der Waals surface area contributed by atoms with Gasteiger partial charge in [-0.25, -0.2) is 0 Å². The van der Waals surface area contributed by atoms with E-state index in [1.165, 1.54) is 0 Å². The molecule has 0 radical (unpaired) electrons. The maximum Gasteiger partial charge on any atom is 1.00 e. The molecule has 0 saturated heterocycles. The number of hydrogen-bond donors (Lipinski definition) is 0. The van der Waals surface area contributed by atoms with E-state index in [1.807, 2.05) is 0 Å². The molecule has 32 valence electrons. The van der Waals surface area contributed by atoms with Crippen LogP contribution in [0, 0.1) is 5.21 Å². The summed E-state index contributed by atoms with van der Waals surface area (Å²) in [4.78, 5) is 0. The van der Waals surface area contributed by atoms with Crippen LogP contribution in [-0.4, -0.2) is 25.8 Å². The molecule has 0 spiro atoms. The standard InChI is InChI=1S/C3H9NO.Na/c1-4(2,3)5;/h1-3H3;/q;+1. The molecule has 0 aliphatic heterocycles. The smallest absolute Gasteiger partial charge is 0.633 e. The maximum atomic E-state index is 10.0. The van der Waals surface area contributed by atoms with Gasteiger partial charge >= 0.3 is 29.6 Å². The zero-order chi connectivity index (χ0) is 4.50. The minimum absolute atomic E-state index is 0. The van der Waals surface area contributed by atoms with Crippen LogP contribution in [0.1, 0.15) is 0 Å². The molecule has 0 aliphatic rings. The molecular weight excluding hydrogens is 89.0 g/mol. The molecule has 0 N–H and O–H groups in total. The van der Waals surface area contributed by atoms with Gasteiger partial charge in [-0.1, -0.05) is 0 Å². The van der Waals surface area contributed by atoms with E-state index >= 15 is 0 Å². The monoisotopic (exact) mass is 98.1 g/mol. The first-order valence-electron chi connectivity index (χ1n) is 1.52. The van der Waals surface area contributed by atoms with Gasteiger partial charge in [-0.3, -0.25) is 0 Å². The van der Waals surface area contributed by atoms with Crippen molar-refractivity contribution < 1.29 is 34.2 Å². The van der Waals surface area contributed by atoms with Crippen LogP contribution in [0.25, 0.3) is 0 Å². The Morgan fingerprint density at radius 3 is 1.17 bits per heavy atom. The first-order chi connectivity index (χ1) is 2.00. The van der Waals surface area contributed by atoms with Crippen LogP contribution in [-0.2, 0) is 0 Å². The largest absolute Gasteiger partial charge is 1.00 e. The van der Waals surface area contributed by atoms with Crippen LogP contribution in [0.5, 0.6) is 0 Å². The Labute approximate surface area is 60.6 Å². The molecule has 0 atom stereocenters. The Balaban J connectivity index is 0. The topological polar surface area (TPSA) is 23.1 Å². The first kappa shape index (κ1) is 10.0. The maximum absolute atomic E-state index is 10.0. The fraction of sp³-hybridized carbons (Fsp3) is 1.00. The normalized spacial score (nSPS) is 10.0. The minimum Gasteiger partial charge on any atom is -0.633 e. The number of nitrogens with zero attached hydrogens (tertiary/aromatic N) is 1. The summed E-state index contributed by atoms with van der Waals surface area (Å²) in [6.07, 6.45) is 0. The number of hydroxylamine groups is 3. The zero-order valence-electron chi connectivity index (χ0n) is 4.86. The number of hydrogen-bond acceptors (Lipinski definition) is 1. The van der Waals surface area contributed by atoms with Crippen LogP contribution in [0.2, 0.25) is 0 Å². The van der Waals surface area contributed by atoms with Crippen molar-refractivity contribution in [3.05, 3.63) is 5.21 Å². The van der Waals surface area contributed by atoms with E-state index in [4.69, 9.17) is 0 Å². The molecule has 0 fully saturated rings. The molecular formula is C3H9NNaO+. The molecule has 0 aromatic carbocycles. The van der Waals surface area contributed by atoms with Crippen molar-refractivity contribution in [1.29, 1.82) is 0 Å². The van der Waals surface area contributed by atoms with Crippen molar-refractivity contribution >= 4 is 0 Å². The van der Waals surface area contributed by atoms with Gasteiger partial charge in [-0.15, -0.1) is 0 Å². The fourth-order valence-electron chi connectivity index (χ4n) is 0. The van der Waals surface area contributed by atoms with Crippen molar-refractivity contribution in [2.24, 2.45) is 0 Å². The molecule has 3 heteroatoms. The third-order valence-electron chi connectivity index (χ3n) is 0. The molecule has 0 saturated carbocycles. The average molecular weight is 98.1 g/mol. The Bertz CT molecular complexity index is 26.3. The summed E-state index contributed by atoms with van der Waals surface area (Å²) < 4.78 is -0.250. The minimum atomic E-state index is -0.250. The Morgan fingerprint density at radius 1 is 1.17 bits per heavy atom. The third-order valence-corrected chi connectivity index (χ3v) is 0. The van der Waals surface area contributed by atoms with Gasteiger partial charge in [0.05, 0.1) is 21.1 Å². The van der Waals surface area contributed by atoms with Crippen LogP contribution in [0.4, 0.5) is 0 Å². The second-order valence-corrected chi connectivity index (χ2v) is 1.89. The van der Waals surface area contributed by atoms with E-state index in [9.17, 15) is 5.21 Å². The van der Waals surface area contributed by atoms with E-state index in [1.54, 1.807) is 21.1 Å². The predicted molar refractivity (Wildman–Crippen MR) is 21.4 cm³/mol. The summed E-state index contributed by atoms with van der Waals surface area (Å²) in [5.74, 6) is 0. The van der Waals surface area contributed by atoms with Gasteiger partial charge in [0.2, 0.25) is 0 Å². The van der Waals surface area contributed by atoms with Gasteiger partial charge in [0.1, 0.15) is 0 Å².